The van der Waals surface area contributed by atoms with E-state index in [1.165, 1.54) is 0 Å². The van der Waals surface area contributed by atoms with Crippen molar-refractivity contribution in [2.45, 2.75) is 6.42 Å². The number of rotatable bonds is 9. The molecule has 0 aliphatic carbocycles. The topological polar surface area (TPSA) is 58.6 Å². The molecule has 0 N–H and O–H groups in total. The molecule has 0 amide bonds. The molecule has 0 bridgehead atoms. The third kappa shape index (κ3) is 10.9. The summed E-state index contributed by atoms with van der Waals surface area (Å²) in [6.45, 7) is 0.985. The van der Waals surface area contributed by atoms with Gasteiger partial charge in [-0.3, -0.25) is 4.57 Å². The fourth-order valence-corrected chi connectivity index (χ4v) is 1.98. The number of thioether (sulfide) groups is 1. The summed E-state index contributed by atoms with van der Waals surface area (Å²) in [6.07, 6.45) is 2.68. The highest BCUT2D eigenvalue weighted by Gasteiger charge is 2.12. The number of hydrogen-bond acceptors (Lipinski definition) is 5. The van der Waals surface area contributed by atoms with Gasteiger partial charge in [-0.15, -0.1) is 0 Å². The summed E-state index contributed by atoms with van der Waals surface area (Å²) in [6, 6.07) is 0. The smallest absolute Gasteiger partial charge is 0.268 e. The van der Waals surface area contributed by atoms with Crippen molar-refractivity contribution in [1.82, 2.24) is 0 Å². The van der Waals surface area contributed by atoms with Crippen molar-refractivity contribution in [3.05, 3.63) is 0 Å². The Morgan fingerprint density at radius 3 is 2.31 bits per heavy atom. The summed E-state index contributed by atoms with van der Waals surface area (Å²) >= 11 is 1.66. The molecule has 98 valence electrons. The zero-order valence-electron chi connectivity index (χ0n) is 10.5. The first-order chi connectivity index (χ1) is 7.27. The van der Waals surface area contributed by atoms with Gasteiger partial charge in [-0.1, -0.05) is 0 Å². The molecule has 16 heavy (non-hydrogen) atoms. The van der Waals surface area contributed by atoms with E-state index in [1.807, 2.05) is 27.4 Å². The standard InChI is InChI=1S/C9H22NO4PS/c1-10(2,3)6-8-14-15(11,12)13-7-5-9-16-4/h5-9H2,1-4H3. The van der Waals surface area contributed by atoms with Gasteiger partial charge in [0.2, 0.25) is 0 Å². The summed E-state index contributed by atoms with van der Waals surface area (Å²) < 4.78 is 21.4. The molecule has 7 heteroatoms. The van der Waals surface area contributed by atoms with Gasteiger partial charge in [-0.05, 0) is 18.4 Å². The minimum Gasteiger partial charge on any atom is -0.756 e. The molecule has 0 saturated heterocycles. The molecular formula is C9H22NO4PS. The highest BCUT2D eigenvalue weighted by Crippen LogP contribution is 2.38. The van der Waals surface area contributed by atoms with Crippen LogP contribution in [0.15, 0.2) is 0 Å². The Morgan fingerprint density at radius 1 is 1.25 bits per heavy atom. The Bertz CT molecular complexity index is 232. The number of likely N-dealkylation sites (N-methyl/N-ethyl adjacent to an activating group) is 1. The maximum absolute atomic E-state index is 11.2. The Kier molecular flexibility index (Phi) is 7.89. The van der Waals surface area contributed by atoms with E-state index < -0.39 is 7.82 Å². The van der Waals surface area contributed by atoms with Gasteiger partial charge >= 0.3 is 0 Å². The van der Waals surface area contributed by atoms with E-state index in [4.69, 9.17) is 9.05 Å². The number of nitrogens with zero attached hydrogens (tertiary/aromatic N) is 1. The van der Waals surface area contributed by atoms with Gasteiger partial charge in [0.1, 0.15) is 13.2 Å². The molecule has 5 nitrogen and oxygen atoms in total. The third-order valence-corrected chi connectivity index (χ3v) is 3.45. The maximum atomic E-state index is 11.2. The quantitative estimate of drug-likeness (QED) is 0.355. The van der Waals surface area contributed by atoms with Crippen LogP contribution in [-0.4, -0.2) is 57.4 Å². The second kappa shape index (κ2) is 7.69. The van der Waals surface area contributed by atoms with Crippen molar-refractivity contribution in [3.8, 4) is 0 Å². The first kappa shape index (κ1) is 16.4. The minimum absolute atomic E-state index is 0.160. The van der Waals surface area contributed by atoms with Crippen LogP contribution < -0.4 is 4.89 Å². The summed E-state index contributed by atoms with van der Waals surface area (Å²) in [5, 5.41) is 0. The Morgan fingerprint density at radius 2 is 1.81 bits per heavy atom. The lowest BCUT2D eigenvalue weighted by molar-refractivity contribution is -0.870. The molecule has 0 saturated carbocycles. The van der Waals surface area contributed by atoms with Crippen molar-refractivity contribution in [2.75, 3.05) is 52.9 Å². The molecule has 0 aromatic rings. The zero-order valence-corrected chi connectivity index (χ0v) is 12.2. The normalized spacial score (nSPS) is 16.1. The van der Waals surface area contributed by atoms with Crippen molar-refractivity contribution in [3.63, 3.8) is 0 Å². The molecule has 0 aromatic carbocycles. The SMILES string of the molecule is CSCCCOP(=O)([O-])OCC[N+](C)(C)C. The van der Waals surface area contributed by atoms with Gasteiger partial charge in [-0.2, -0.15) is 11.8 Å². The van der Waals surface area contributed by atoms with Crippen LogP contribution in [0.25, 0.3) is 0 Å². The van der Waals surface area contributed by atoms with Crippen molar-refractivity contribution in [2.24, 2.45) is 0 Å². The van der Waals surface area contributed by atoms with Gasteiger partial charge in [0.25, 0.3) is 7.82 Å². The first-order valence-corrected chi connectivity index (χ1v) is 8.02. The van der Waals surface area contributed by atoms with E-state index in [0.29, 0.717) is 17.4 Å². The summed E-state index contributed by atoms with van der Waals surface area (Å²) in [7, 11) is 1.82. The maximum Gasteiger partial charge on any atom is 0.268 e. The van der Waals surface area contributed by atoms with E-state index in [0.717, 1.165) is 5.75 Å². The van der Waals surface area contributed by atoms with Crippen LogP contribution in [0, 0.1) is 0 Å². The summed E-state index contributed by atoms with van der Waals surface area (Å²) in [5.74, 6) is 0.888. The monoisotopic (exact) mass is 271 g/mol. The predicted octanol–water partition coefficient (Wildman–Crippen LogP) is 0.947. The van der Waals surface area contributed by atoms with Crippen LogP contribution >= 0.6 is 19.6 Å². The van der Waals surface area contributed by atoms with Crippen molar-refractivity contribution < 1.29 is 23.0 Å². The number of phosphoric ester groups is 1. The summed E-state index contributed by atoms with van der Waals surface area (Å²) in [5.41, 5.74) is 0. The minimum atomic E-state index is -4.09. The highest BCUT2D eigenvalue weighted by atomic mass is 32.2. The van der Waals surface area contributed by atoms with Crippen LogP contribution in [-0.2, 0) is 13.6 Å². The van der Waals surface area contributed by atoms with E-state index in [-0.39, 0.29) is 13.2 Å². The second-order valence-electron chi connectivity index (χ2n) is 4.47. The average molecular weight is 271 g/mol. The second-order valence-corrected chi connectivity index (χ2v) is 6.87. The van der Waals surface area contributed by atoms with E-state index in [1.54, 1.807) is 11.8 Å². The van der Waals surface area contributed by atoms with Crippen LogP contribution in [0.4, 0.5) is 0 Å². The molecule has 0 aliphatic heterocycles. The van der Waals surface area contributed by atoms with Crippen molar-refractivity contribution in [1.29, 1.82) is 0 Å². The zero-order chi connectivity index (χ0) is 12.7. The molecule has 0 fully saturated rings. The first-order valence-electron chi connectivity index (χ1n) is 5.16. The van der Waals surface area contributed by atoms with Crippen LogP contribution in [0.1, 0.15) is 6.42 Å². The van der Waals surface area contributed by atoms with Gasteiger partial charge in [0.15, 0.2) is 0 Å². The summed E-state index contributed by atoms with van der Waals surface area (Å²) in [4.78, 5) is 11.2. The molecule has 0 heterocycles. The molecule has 0 spiro atoms. The fraction of sp³-hybridized carbons (Fsp3) is 1.00. The van der Waals surface area contributed by atoms with E-state index in [9.17, 15) is 9.46 Å². The molecular weight excluding hydrogens is 249 g/mol. The highest BCUT2D eigenvalue weighted by molar-refractivity contribution is 7.98. The van der Waals surface area contributed by atoms with Gasteiger partial charge in [0, 0.05) is 0 Å². The lowest BCUT2D eigenvalue weighted by Crippen LogP contribution is -2.37. The molecule has 1 atom stereocenters. The van der Waals surface area contributed by atoms with E-state index in [2.05, 4.69) is 0 Å². The number of hydrogen-bond donors (Lipinski definition) is 0. The van der Waals surface area contributed by atoms with Crippen LogP contribution in [0.3, 0.4) is 0 Å². The average Bonchev–Trinajstić information content (AvgIpc) is 2.10. The molecule has 0 rings (SSSR count). The van der Waals surface area contributed by atoms with Gasteiger partial charge in [-0.25, -0.2) is 0 Å². The van der Waals surface area contributed by atoms with Crippen LogP contribution in [0.2, 0.25) is 0 Å². The van der Waals surface area contributed by atoms with Crippen molar-refractivity contribution >= 4 is 19.6 Å². The molecule has 0 aliphatic rings. The number of phosphoric acid groups is 1. The fourth-order valence-electron chi connectivity index (χ4n) is 0.843. The Hall–Kier alpha value is 0.420. The predicted molar refractivity (Wildman–Crippen MR) is 65.4 cm³/mol. The molecule has 0 radical (unpaired) electrons. The van der Waals surface area contributed by atoms with Gasteiger partial charge in [0.05, 0.1) is 27.7 Å². The molecule has 1 unspecified atom stereocenters. The largest absolute Gasteiger partial charge is 0.756 e. The Labute approximate surface area is 102 Å². The van der Waals surface area contributed by atoms with Crippen LogP contribution in [0.5, 0.6) is 0 Å². The third-order valence-electron chi connectivity index (χ3n) is 1.75. The van der Waals surface area contributed by atoms with E-state index >= 15 is 0 Å². The number of quaternary nitrogens is 1. The molecule has 0 aromatic heterocycles. The Balaban J connectivity index is 3.66. The lowest BCUT2D eigenvalue weighted by atomic mass is 10.5. The lowest BCUT2D eigenvalue weighted by Gasteiger charge is -2.27. The van der Waals surface area contributed by atoms with Gasteiger partial charge < -0.3 is 18.4 Å².